The van der Waals surface area contributed by atoms with Crippen molar-refractivity contribution in [2.75, 3.05) is 0 Å². The molecule has 0 spiro atoms. The van der Waals surface area contributed by atoms with E-state index in [0.29, 0.717) is 5.92 Å². The molecule has 100 valence electrons. The third-order valence-corrected chi connectivity index (χ3v) is 4.40. The summed E-state index contributed by atoms with van der Waals surface area (Å²) in [6.45, 7) is 2.13. The minimum atomic E-state index is 0.630. The highest BCUT2D eigenvalue weighted by Crippen LogP contribution is 2.32. The maximum absolute atomic E-state index is 4.81. The Labute approximate surface area is 119 Å². The van der Waals surface area contributed by atoms with Gasteiger partial charge in [-0.1, -0.05) is 30.3 Å². The van der Waals surface area contributed by atoms with E-state index < -0.39 is 0 Å². The Morgan fingerprint density at radius 2 is 2.00 bits per heavy atom. The number of pyridine rings is 1. The topological polar surface area (TPSA) is 17.3 Å². The fourth-order valence-electron chi connectivity index (χ4n) is 3.32. The predicted octanol–water partition coefficient (Wildman–Crippen LogP) is 3.92. The molecule has 0 N–H and O–H groups in total. The van der Waals surface area contributed by atoms with E-state index in [0.717, 1.165) is 18.5 Å². The highest BCUT2D eigenvalue weighted by Gasteiger charge is 2.24. The molecule has 1 atom stereocenters. The number of nitrogens with zero attached hydrogens (tertiary/aromatic N) is 2. The van der Waals surface area contributed by atoms with E-state index in [9.17, 15) is 0 Å². The maximum Gasteiger partial charge on any atom is 0.137 e. The van der Waals surface area contributed by atoms with Crippen molar-refractivity contribution in [3.8, 4) is 0 Å². The van der Waals surface area contributed by atoms with Crippen molar-refractivity contribution >= 4 is 5.65 Å². The zero-order chi connectivity index (χ0) is 13.5. The summed E-state index contributed by atoms with van der Waals surface area (Å²) in [6, 6.07) is 15.2. The van der Waals surface area contributed by atoms with E-state index in [-0.39, 0.29) is 0 Å². The lowest BCUT2D eigenvalue weighted by molar-refractivity contribution is 0.568. The number of benzene rings is 1. The van der Waals surface area contributed by atoms with Crippen LogP contribution in [0.3, 0.4) is 0 Å². The van der Waals surface area contributed by atoms with Crippen LogP contribution in [0.2, 0.25) is 0 Å². The molecule has 1 aliphatic rings. The second-order valence-corrected chi connectivity index (χ2v) is 5.79. The smallest absolute Gasteiger partial charge is 0.137 e. The molecule has 0 saturated heterocycles. The molecule has 1 aliphatic carbocycles. The van der Waals surface area contributed by atoms with Gasteiger partial charge in [0.25, 0.3) is 0 Å². The SMILES string of the molecule is Cc1ccn2c3c(nc2c1)CCC(c1ccccc1)C3. The van der Waals surface area contributed by atoms with E-state index >= 15 is 0 Å². The number of aryl methyl sites for hydroxylation is 2. The minimum absolute atomic E-state index is 0.630. The first-order valence-electron chi connectivity index (χ1n) is 7.32. The fraction of sp³-hybridized carbons (Fsp3) is 0.278. The van der Waals surface area contributed by atoms with Gasteiger partial charge in [-0.2, -0.15) is 0 Å². The van der Waals surface area contributed by atoms with Gasteiger partial charge in [0.05, 0.1) is 5.69 Å². The Hall–Kier alpha value is -2.09. The summed E-state index contributed by atoms with van der Waals surface area (Å²) in [4.78, 5) is 4.81. The monoisotopic (exact) mass is 262 g/mol. The predicted molar refractivity (Wildman–Crippen MR) is 81.1 cm³/mol. The summed E-state index contributed by atoms with van der Waals surface area (Å²) in [6.07, 6.45) is 5.57. The molecule has 2 nitrogen and oxygen atoms in total. The summed E-state index contributed by atoms with van der Waals surface area (Å²) in [5.41, 5.74) is 6.53. The Kier molecular flexibility index (Phi) is 2.62. The van der Waals surface area contributed by atoms with Crippen molar-refractivity contribution in [2.24, 2.45) is 0 Å². The van der Waals surface area contributed by atoms with Gasteiger partial charge in [0, 0.05) is 11.9 Å². The van der Waals surface area contributed by atoms with Crippen LogP contribution in [0.5, 0.6) is 0 Å². The molecule has 4 rings (SSSR count). The summed E-state index contributed by atoms with van der Waals surface area (Å²) in [7, 11) is 0. The first kappa shape index (κ1) is 11.7. The van der Waals surface area contributed by atoms with Gasteiger partial charge in [0.15, 0.2) is 0 Å². The van der Waals surface area contributed by atoms with E-state index in [1.165, 1.54) is 28.9 Å². The van der Waals surface area contributed by atoms with Crippen LogP contribution in [0.1, 0.15) is 34.9 Å². The van der Waals surface area contributed by atoms with Crippen LogP contribution in [0.15, 0.2) is 48.7 Å². The molecular formula is C18H18N2. The molecule has 3 aromatic rings. The summed E-state index contributed by atoms with van der Waals surface area (Å²) < 4.78 is 2.28. The average molecular weight is 262 g/mol. The first-order chi connectivity index (χ1) is 9.81. The number of hydrogen-bond acceptors (Lipinski definition) is 1. The molecule has 20 heavy (non-hydrogen) atoms. The Balaban J connectivity index is 1.77. The summed E-state index contributed by atoms with van der Waals surface area (Å²) in [5, 5.41) is 0. The average Bonchev–Trinajstić information content (AvgIpc) is 2.84. The van der Waals surface area contributed by atoms with Gasteiger partial charge in [-0.15, -0.1) is 0 Å². The molecule has 2 aromatic heterocycles. The Morgan fingerprint density at radius 3 is 2.85 bits per heavy atom. The quantitative estimate of drug-likeness (QED) is 0.650. The van der Waals surface area contributed by atoms with Crippen LogP contribution in [0.25, 0.3) is 5.65 Å². The van der Waals surface area contributed by atoms with Gasteiger partial charge in [0.1, 0.15) is 5.65 Å². The molecule has 2 heteroatoms. The van der Waals surface area contributed by atoms with Gasteiger partial charge in [-0.3, -0.25) is 0 Å². The molecule has 2 heterocycles. The normalized spacial score (nSPS) is 18.1. The van der Waals surface area contributed by atoms with Crippen LogP contribution < -0.4 is 0 Å². The summed E-state index contributed by atoms with van der Waals surface area (Å²) >= 11 is 0. The first-order valence-corrected chi connectivity index (χ1v) is 7.32. The third kappa shape index (κ3) is 1.83. The lowest BCUT2D eigenvalue weighted by Crippen LogP contribution is -2.13. The number of fused-ring (bicyclic) bond motifs is 3. The van der Waals surface area contributed by atoms with Crippen molar-refractivity contribution in [2.45, 2.75) is 32.1 Å². The highest BCUT2D eigenvalue weighted by atomic mass is 15.0. The second-order valence-electron chi connectivity index (χ2n) is 5.79. The zero-order valence-electron chi connectivity index (χ0n) is 11.7. The maximum atomic E-state index is 4.81. The lowest BCUT2D eigenvalue weighted by Gasteiger charge is -2.22. The Bertz CT molecular complexity index is 756. The second kappa shape index (κ2) is 4.48. The van der Waals surface area contributed by atoms with E-state index in [2.05, 4.69) is 60.0 Å². The standard InChI is InChI=1S/C18H18N2/c1-13-9-10-20-17-12-15(14-5-3-2-4-6-14)7-8-16(17)19-18(20)11-13/h2-6,9-11,15H,7-8,12H2,1H3. The highest BCUT2D eigenvalue weighted by molar-refractivity contribution is 5.47. The molecule has 0 fully saturated rings. The van der Waals surface area contributed by atoms with Gasteiger partial charge in [-0.05, 0) is 55.4 Å². The number of aromatic nitrogens is 2. The van der Waals surface area contributed by atoms with Crippen LogP contribution in [-0.4, -0.2) is 9.38 Å². The van der Waals surface area contributed by atoms with Crippen molar-refractivity contribution in [3.63, 3.8) is 0 Å². The van der Waals surface area contributed by atoms with Gasteiger partial charge < -0.3 is 4.40 Å². The molecular weight excluding hydrogens is 244 g/mol. The zero-order valence-corrected chi connectivity index (χ0v) is 11.7. The van der Waals surface area contributed by atoms with Gasteiger partial charge in [-0.25, -0.2) is 4.98 Å². The van der Waals surface area contributed by atoms with Crippen LogP contribution in [0, 0.1) is 6.92 Å². The van der Waals surface area contributed by atoms with Crippen LogP contribution >= 0.6 is 0 Å². The molecule has 0 saturated carbocycles. The van der Waals surface area contributed by atoms with Crippen molar-refractivity contribution in [1.82, 2.24) is 9.38 Å². The van der Waals surface area contributed by atoms with Crippen LogP contribution in [0.4, 0.5) is 0 Å². The Morgan fingerprint density at radius 1 is 1.15 bits per heavy atom. The largest absolute Gasteiger partial charge is 0.304 e. The molecule has 0 aliphatic heterocycles. The molecule has 1 unspecified atom stereocenters. The van der Waals surface area contributed by atoms with Crippen molar-refractivity contribution in [3.05, 3.63) is 71.2 Å². The number of rotatable bonds is 1. The van der Waals surface area contributed by atoms with Crippen LogP contribution in [-0.2, 0) is 12.8 Å². The molecule has 1 aromatic carbocycles. The lowest BCUT2D eigenvalue weighted by atomic mass is 9.84. The third-order valence-electron chi connectivity index (χ3n) is 4.40. The van der Waals surface area contributed by atoms with Crippen molar-refractivity contribution in [1.29, 1.82) is 0 Å². The van der Waals surface area contributed by atoms with Crippen molar-refractivity contribution < 1.29 is 0 Å². The molecule has 0 radical (unpaired) electrons. The molecule has 0 bridgehead atoms. The fourth-order valence-corrected chi connectivity index (χ4v) is 3.32. The van der Waals surface area contributed by atoms with E-state index in [4.69, 9.17) is 4.98 Å². The van der Waals surface area contributed by atoms with Gasteiger partial charge in [0.2, 0.25) is 0 Å². The van der Waals surface area contributed by atoms with Gasteiger partial charge >= 0.3 is 0 Å². The number of imidazole rings is 1. The van der Waals surface area contributed by atoms with E-state index in [1.54, 1.807) is 0 Å². The van der Waals surface area contributed by atoms with E-state index in [1.807, 2.05) is 0 Å². The number of hydrogen-bond donors (Lipinski definition) is 0. The minimum Gasteiger partial charge on any atom is -0.304 e. The molecule has 0 amide bonds. The summed E-state index contributed by atoms with van der Waals surface area (Å²) in [5.74, 6) is 0.630.